The first-order chi connectivity index (χ1) is 18.8. The van der Waals surface area contributed by atoms with Gasteiger partial charge in [-0.15, -0.1) is 0 Å². The fraction of sp³-hybridized carbons (Fsp3) is 0.690. The summed E-state index contributed by atoms with van der Waals surface area (Å²) in [6, 6.07) is 5.10. The summed E-state index contributed by atoms with van der Waals surface area (Å²) in [4.78, 5) is 37.6. The maximum Gasteiger partial charge on any atom is 0.482 e. The van der Waals surface area contributed by atoms with E-state index < -0.39 is 43.0 Å². The van der Waals surface area contributed by atoms with Gasteiger partial charge >= 0.3 is 19.1 Å². The van der Waals surface area contributed by atoms with Crippen molar-refractivity contribution < 1.29 is 42.6 Å². The number of carbonyl (C=O) groups is 3. The first-order valence-electron chi connectivity index (χ1n) is 14.0. The number of carbonyl (C=O) groups excluding carboxylic acids is 3. The molecule has 0 aromatic heterocycles. The van der Waals surface area contributed by atoms with Crippen molar-refractivity contribution in [3.05, 3.63) is 29.3 Å². The topological polar surface area (TPSA) is 119 Å². The van der Waals surface area contributed by atoms with Crippen LogP contribution in [0.25, 0.3) is 0 Å². The first-order valence-corrected chi connectivity index (χ1v) is 14.0. The predicted molar refractivity (Wildman–Crippen MR) is 146 cm³/mol. The molecule has 1 aromatic carbocycles. The van der Waals surface area contributed by atoms with E-state index in [1.165, 1.54) is 14.2 Å². The number of nitrogens with one attached hydrogen (secondary N) is 1. The highest BCUT2D eigenvalue weighted by atomic mass is 16.7. The van der Waals surface area contributed by atoms with Crippen molar-refractivity contribution in [2.24, 2.45) is 17.3 Å². The molecule has 1 aromatic rings. The van der Waals surface area contributed by atoms with Gasteiger partial charge in [0.15, 0.2) is 5.60 Å². The molecule has 0 spiro atoms. The summed E-state index contributed by atoms with van der Waals surface area (Å²) in [6.07, 6.45) is 2.63. The lowest BCUT2D eigenvalue weighted by molar-refractivity contribution is -0.199. The molecule has 3 aliphatic carbocycles. The van der Waals surface area contributed by atoms with E-state index in [2.05, 4.69) is 26.1 Å². The molecule has 5 unspecified atom stereocenters. The molecular formula is C29H42BNO9. The van der Waals surface area contributed by atoms with Gasteiger partial charge in [-0.3, -0.25) is 4.79 Å². The van der Waals surface area contributed by atoms with E-state index in [0.717, 1.165) is 12.8 Å². The minimum atomic E-state index is -1.17. The average molecular weight is 559 g/mol. The van der Waals surface area contributed by atoms with Crippen LogP contribution < -0.4 is 10.1 Å². The van der Waals surface area contributed by atoms with Gasteiger partial charge in [0.1, 0.15) is 11.3 Å². The molecule has 3 saturated carbocycles. The number of esters is 2. The van der Waals surface area contributed by atoms with Crippen molar-refractivity contribution in [2.75, 3.05) is 21.0 Å². The van der Waals surface area contributed by atoms with Crippen LogP contribution in [0.2, 0.25) is 0 Å². The molecule has 5 atom stereocenters. The monoisotopic (exact) mass is 559 g/mol. The summed E-state index contributed by atoms with van der Waals surface area (Å²) >= 11 is 0. The summed E-state index contributed by atoms with van der Waals surface area (Å²) in [5.74, 6) is -0.729. The molecule has 1 N–H and O–H groups in total. The summed E-state index contributed by atoms with van der Waals surface area (Å²) in [5, 5.41) is 3.07. The zero-order valence-corrected chi connectivity index (χ0v) is 24.8. The summed E-state index contributed by atoms with van der Waals surface area (Å²) in [7, 11) is 2.20. The van der Waals surface area contributed by atoms with Crippen LogP contribution in [0.1, 0.15) is 76.7 Å². The second-order valence-corrected chi connectivity index (χ2v) is 12.3. The molecule has 2 bridgehead atoms. The van der Waals surface area contributed by atoms with Gasteiger partial charge in [0, 0.05) is 13.5 Å². The Hall–Kier alpha value is -2.63. The molecule has 11 heteroatoms. The average Bonchev–Trinajstić information content (AvgIpc) is 3.29. The normalized spacial score (nSPS) is 27.2. The van der Waals surface area contributed by atoms with Crippen LogP contribution in [0.15, 0.2) is 18.2 Å². The van der Waals surface area contributed by atoms with Crippen LogP contribution in [0.4, 0.5) is 0 Å². The minimum Gasteiger partial charge on any atom is -0.496 e. The van der Waals surface area contributed by atoms with Crippen molar-refractivity contribution in [1.29, 1.82) is 0 Å². The molecule has 0 radical (unpaired) electrons. The highest BCUT2D eigenvalue weighted by molar-refractivity contribution is 6.48. The van der Waals surface area contributed by atoms with E-state index in [4.69, 9.17) is 28.3 Å². The molecule has 1 heterocycles. The number of para-hydroxylation sites is 1. The van der Waals surface area contributed by atoms with Crippen LogP contribution in [-0.2, 0) is 39.5 Å². The standard InChI is InChI=1S/C29H42BNO9/c1-9-23(32)31-22(30-39-21-15-18-14-20(27(18,2)3)29(21,6)40-30)13-17-11-10-12-19(24(17)35-7)25(33)37-16-38-26(34)28(4,5)36-8/h10-12,18,20-22H,9,13-16H2,1-8H3,(H,31,32). The summed E-state index contributed by atoms with van der Waals surface area (Å²) < 4.78 is 34.1. The van der Waals surface area contributed by atoms with Gasteiger partial charge < -0.3 is 33.6 Å². The third-order valence-corrected chi connectivity index (χ3v) is 9.31. The van der Waals surface area contributed by atoms with Crippen LogP contribution in [-0.4, -0.2) is 69.2 Å². The van der Waals surface area contributed by atoms with Crippen molar-refractivity contribution >= 4 is 25.0 Å². The number of hydrogen-bond acceptors (Lipinski definition) is 9. The number of methoxy groups -OCH3 is 2. The smallest absolute Gasteiger partial charge is 0.482 e. The fourth-order valence-electron chi connectivity index (χ4n) is 6.45. The molecule has 1 saturated heterocycles. The lowest BCUT2D eigenvalue weighted by Gasteiger charge is -2.64. The zero-order chi connectivity index (χ0) is 29.5. The third-order valence-electron chi connectivity index (χ3n) is 9.31. The van der Waals surface area contributed by atoms with E-state index in [9.17, 15) is 14.4 Å². The highest BCUT2D eigenvalue weighted by Crippen LogP contribution is 2.65. The van der Waals surface area contributed by atoms with Crippen LogP contribution >= 0.6 is 0 Å². The molecule has 220 valence electrons. The molecular weight excluding hydrogens is 517 g/mol. The first kappa shape index (κ1) is 30.3. The number of amides is 1. The molecule has 4 aliphatic rings. The van der Waals surface area contributed by atoms with Crippen molar-refractivity contribution in [3.8, 4) is 5.75 Å². The maximum absolute atomic E-state index is 12.9. The SMILES string of the molecule is CCC(=O)NC(Cc1cccc(C(=O)OCOC(=O)C(C)(C)OC)c1OC)B1OC2CC3CC(C3(C)C)C2(C)O1. The number of hydrogen-bond donors (Lipinski definition) is 1. The molecule has 1 amide bonds. The Morgan fingerprint density at radius 1 is 1.15 bits per heavy atom. The Labute approximate surface area is 236 Å². The largest absolute Gasteiger partial charge is 0.496 e. The van der Waals surface area contributed by atoms with Crippen molar-refractivity contribution in [3.63, 3.8) is 0 Å². The Morgan fingerprint density at radius 2 is 1.88 bits per heavy atom. The Balaban J connectivity index is 1.51. The van der Waals surface area contributed by atoms with E-state index in [-0.39, 0.29) is 23.0 Å². The molecule has 4 fully saturated rings. The Kier molecular flexibility index (Phi) is 8.60. The second kappa shape index (κ2) is 11.3. The van der Waals surface area contributed by atoms with Gasteiger partial charge in [0.2, 0.25) is 12.7 Å². The van der Waals surface area contributed by atoms with Gasteiger partial charge in [-0.05, 0) is 68.9 Å². The van der Waals surface area contributed by atoms with Crippen LogP contribution in [0, 0.1) is 17.3 Å². The minimum absolute atomic E-state index is 0.0377. The third kappa shape index (κ3) is 5.48. The van der Waals surface area contributed by atoms with Crippen molar-refractivity contribution in [2.45, 2.75) is 90.5 Å². The van der Waals surface area contributed by atoms with Gasteiger partial charge in [0.05, 0.1) is 24.8 Å². The zero-order valence-electron chi connectivity index (χ0n) is 24.8. The van der Waals surface area contributed by atoms with Crippen LogP contribution in [0.3, 0.4) is 0 Å². The van der Waals surface area contributed by atoms with E-state index in [1.54, 1.807) is 32.9 Å². The summed E-state index contributed by atoms with van der Waals surface area (Å²) in [5.41, 5.74) is -0.566. The number of ether oxygens (including phenoxy) is 4. The van der Waals surface area contributed by atoms with Gasteiger partial charge in [-0.1, -0.05) is 32.9 Å². The lowest BCUT2D eigenvalue weighted by Crippen LogP contribution is -2.65. The Morgan fingerprint density at radius 3 is 2.50 bits per heavy atom. The van der Waals surface area contributed by atoms with Crippen molar-refractivity contribution in [1.82, 2.24) is 5.32 Å². The number of benzene rings is 1. The van der Waals surface area contributed by atoms with Crippen LogP contribution in [0.5, 0.6) is 5.75 Å². The number of rotatable bonds is 11. The molecule has 10 nitrogen and oxygen atoms in total. The highest BCUT2D eigenvalue weighted by Gasteiger charge is 2.68. The maximum atomic E-state index is 12.9. The Bertz CT molecular complexity index is 1140. The second-order valence-electron chi connectivity index (χ2n) is 12.3. The van der Waals surface area contributed by atoms with E-state index in [0.29, 0.717) is 36.0 Å². The molecule has 40 heavy (non-hydrogen) atoms. The van der Waals surface area contributed by atoms with E-state index >= 15 is 0 Å². The van der Waals surface area contributed by atoms with Gasteiger partial charge in [-0.25, -0.2) is 9.59 Å². The lowest BCUT2D eigenvalue weighted by atomic mass is 9.43. The molecule has 1 aliphatic heterocycles. The van der Waals surface area contributed by atoms with Gasteiger partial charge in [-0.2, -0.15) is 0 Å². The quantitative estimate of drug-likeness (QED) is 0.247. The van der Waals surface area contributed by atoms with E-state index in [1.807, 2.05) is 6.07 Å². The molecule has 5 rings (SSSR count). The summed E-state index contributed by atoms with van der Waals surface area (Å²) in [6.45, 7) is 11.1. The van der Waals surface area contributed by atoms with Gasteiger partial charge in [0.25, 0.3) is 0 Å². The predicted octanol–water partition coefficient (Wildman–Crippen LogP) is 3.48. The fourth-order valence-corrected chi connectivity index (χ4v) is 6.45.